The topological polar surface area (TPSA) is 72.8 Å². The van der Waals surface area contributed by atoms with E-state index >= 15 is 0 Å². The van der Waals surface area contributed by atoms with E-state index in [1.807, 2.05) is 0 Å². The van der Waals surface area contributed by atoms with Crippen molar-refractivity contribution in [1.29, 1.82) is 0 Å². The van der Waals surface area contributed by atoms with Crippen molar-refractivity contribution in [1.82, 2.24) is 0 Å². The Morgan fingerprint density at radius 2 is 2.08 bits per heavy atom. The van der Waals surface area contributed by atoms with E-state index in [0.29, 0.717) is 6.42 Å². The summed E-state index contributed by atoms with van der Waals surface area (Å²) in [5.41, 5.74) is 0. The summed E-state index contributed by atoms with van der Waals surface area (Å²) >= 11 is 0. The first-order valence-electron chi connectivity index (χ1n) is 3.53. The van der Waals surface area contributed by atoms with Crippen molar-refractivity contribution in [3.8, 4) is 0 Å². The number of hydrogen-bond donors (Lipinski definition) is 1. The highest BCUT2D eigenvalue weighted by Crippen LogP contribution is 1.89. The predicted octanol–water partition coefficient (Wildman–Crippen LogP) is 0.0408. The molecular weight excluding hydrogens is 164 g/mol. The van der Waals surface area contributed by atoms with Crippen LogP contribution in [0.1, 0.15) is 12.8 Å². The number of methoxy groups -OCH3 is 1. The number of rotatable bonds is 6. The number of hydrogen-bond acceptors (Lipinski definition) is 4. The summed E-state index contributed by atoms with van der Waals surface area (Å²) in [4.78, 5) is 20.5. The molecule has 5 heteroatoms. The van der Waals surface area contributed by atoms with Crippen LogP contribution in [-0.2, 0) is 19.1 Å². The highest BCUT2D eigenvalue weighted by molar-refractivity contribution is 5.70. The SMILES string of the molecule is COC(=O)COCCCC(=O)O. The van der Waals surface area contributed by atoms with E-state index in [1.54, 1.807) is 0 Å². The summed E-state index contributed by atoms with van der Waals surface area (Å²) in [5.74, 6) is -1.32. The summed E-state index contributed by atoms with van der Waals surface area (Å²) in [6.45, 7) is 0.150. The van der Waals surface area contributed by atoms with Crippen LogP contribution in [0.3, 0.4) is 0 Å². The molecule has 0 aliphatic heterocycles. The van der Waals surface area contributed by atoms with Gasteiger partial charge in [-0.15, -0.1) is 0 Å². The molecule has 0 aromatic heterocycles. The van der Waals surface area contributed by atoms with Crippen LogP contribution in [-0.4, -0.2) is 37.4 Å². The van der Waals surface area contributed by atoms with E-state index < -0.39 is 11.9 Å². The molecule has 0 aromatic rings. The first kappa shape index (κ1) is 10.9. The number of esters is 1. The zero-order valence-electron chi connectivity index (χ0n) is 6.91. The molecule has 5 nitrogen and oxygen atoms in total. The van der Waals surface area contributed by atoms with Crippen LogP contribution in [0.15, 0.2) is 0 Å². The quantitative estimate of drug-likeness (QED) is 0.457. The van der Waals surface area contributed by atoms with Gasteiger partial charge in [0, 0.05) is 13.0 Å². The molecule has 0 rings (SSSR count). The molecule has 0 aliphatic carbocycles. The standard InChI is InChI=1S/C7H12O5/c1-11-7(10)5-12-4-2-3-6(8)9/h2-5H2,1H3,(H,8,9). The van der Waals surface area contributed by atoms with E-state index in [-0.39, 0.29) is 19.6 Å². The second-order valence-electron chi connectivity index (χ2n) is 2.13. The lowest BCUT2D eigenvalue weighted by Crippen LogP contribution is -2.11. The van der Waals surface area contributed by atoms with E-state index in [1.165, 1.54) is 7.11 Å². The average molecular weight is 176 g/mol. The minimum absolute atomic E-state index is 0.0567. The van der Waals surface area contributed by atoms with Crippen molar-refractivity contribution in [3.63, 3.8) is 0 Å². The van der Waals surface area contributed by atoms with E-state index in [9.17, 15) is 9.59 Å². The number of carboxylic acids is 1. The zero-order valence-corrected chi connectivity index (χ0v) is 6.91. The summed E-state index contributed by atoms with van der Waals surface area (Å²) < 4.78 is 9.10. The van der Waals surface area contributed by atoms with Gasteiger partial charge in [0.05, 0.1) is 7.11 Å². The predicted molar refractivity (Wildman–Crippen MR) is 39.7 cm³/mol. The molecule has 0 saturated carbocycles. The normalized spacial score (nSPS) is 9.42. The minimum Gasteiger partial charge on any atom is -0.481 e. The Labute approximate surface area is 70.3 Å². The van der Waals surface area contributed by atoms with Crippen LogP contribution < -0.4 is 0 Å². The number of carboxylic acid groups (broad SMARTS) is 1. The molecule has 0 saturated heterocycles. The fraction of sp³-hybridized carbons (Fsp3) is 0.714. The Kier molecular flexibility index (Phi) is 6.00. The van der Waals surface area contributed by atoms with Gasteiger partial charge >= 0.3 is 11.9 Å². The number of ether oxygens (including phenoxy) is 2. The van der Waals surface area contributed by atoms with Gasteiger partial charge in [0.15, 0.2) is 0 Å². The highest BCUT2D eigenvalue weighted by atomic mass is 16.6. The van der Waals surface area contributed by atoms with Crippen LogP contribution in [0.5, 0.6) is 0 Å². The third-order valence-corrected chi connectivity index (χ3v) is 1.13. The molecule has 12 heavy (non-hydrogen) atoms. The van der Waals surface area contributed by atoms with Gasteiger partial charge in [-0.2, -0.15) is 0 Å². The van der Waals surface area contributed by atoms with Crippen molar-refractivity contribution in [2.24, 2.45) is 0 Å². The van der Waals surface area contributed by atoms with Crippen LogP contribution in [0.4, 0.5) is 0 Å². The van der Waals surface area contributed by atoms with Crippen LogP contribution in [0, 0.1) is 0 Å². The van der Waals surface area contributed by atoms with Gasteiger partial charge in [0.1, 0.15) is 6.61 Å². The van der Waals surface area contributed by atoms with Gasteiger partial charge in [-0.1, -0.05) is 0 Å². The van der Waals surface area contributed by atoms with Gasteiger partial charge < -0.3 is 14.6 Å². The molecule has 0 amide bonds. The lowest BCUT2D eigenvalue weighted by molar-refractivity contribution is -0.145. The lowest BCUT2D eigenvalue weighted by Gasteiger charge is -2.00. The van der Waals surface area contributed by atoms with E-state index in [2.05, 4.69) is 4.74 Å². The molecule has 0 aromatic carbocycles. The Bertz CT molecular complexity index is 154. The molecule has 0 aliphatic rings. The average Bonchev–Trinajstić information content (AvgIpc) is 2.03. The van der Waals surface area contributed by atoms with Crippen molar-refractivity contribution in [2.75, 3.05) is 20.3 Å². The van der Waals surface area contributed by atoms with E-state index in [0.717, 1.165) is 0 Å². The number of aliphatic carboxylic acids is 1. The third kappa shape index (κ3) is 7.01. The molecule has 0 unspecified atom stereocenters. The molecule has 1 N–H and O–H groups in total. The molecule has 0 atom stereocenters. The molecule has 70 valence electrons. The minimum atomic E-state index is -0.864. The summed E-state index contributed by atoms with van der Waals surface area (Å²) in [7, 11) is 1.27. The Morgan fingerprint density at radius 3 is 2.58 bits per heavy atom. The van der Waals surface area contributed by atoms with Gasteiger partial charge in [0.25, 0.3) is 0 Å². The van der Waals surface area contributed by atoms with Crippen LogP contribution in [0.2, 0.25) is 0 Å². The maximum absolute atomic E-state index is 10.4. The van der Waals surface area contributed by atoms with Gasteiger partial charge in [-0.3, -0.25) is 4.79 Å². The van der Waals surface area contributed by atoms with Crippen LogP contribution >= 0.6 is 0 Å². The van der Waals surface area contributed by atoms with Gasteiger partial charge in [-0.25, -0.2) is 4.79 Å². The maximum Gasteiger partial charge on any atom is 0.331 e. The Morgan fingerprint density at radius 1 is 1.42 bits per heavy atom. The summed E-state index contributed by atoms with van der Waals surface area (Å²) in [5, 5.41) is 8.22. The van der Waals surface area contributed by atoms with Gasteiger partial charge in [0.2, 0.25) is 0 Å². The largest absolute Gasteiger partial charge is 0.481 e. The second-order valence-corrected chi connectivity index (χ2v) is 2.13. The number of carbonyl (C=O) groups excluding carboxylic acids is 1. The zero-order chi connectivity index (χ0) is 9.40. The summed E-state index contributed by atoms with van der Waals surface area (Å²) in [6.07, 6.45) is 0.466. The summed E-state index contributed by atoms with van der Waals surface area (Å²) in [6, 6.07) is 0. The van der Waals surface area contributed by atoms with Crippen molar-refractivity contribution in [3.05, 3.63) is 0 Å². The third-order valence-electron chi connectivity index (χ3n) is 1.13. The molecule has 0 radical (unpaired) electrons. The van der Waals surface area contributed by atoms with Crippen LogP contribution in [0.25, 0.3) is 0 Å². The molecule has 0 heterocycles. The fourth-order valence-electron chi connectivity index (χ4n) is 0.540. The molecule has 0 spiro atoms. The van der Waals surface area contributed by atoms with Crippen molar-refractivity contribution in [2.45, 2.75) is 12.8 Å². The maximum atomic E-state index is 10.4. The smallest absolute Gasteiger partial charge is 0.331 e. The lowest BCUT2D eigenvalue weighted by atomic mass is 10.3. The number of carbonyl (C=O) groups is 2. The highest BCUT2D eigenvalue weighted by Gasteiger charge is 2.00. The molecular formula is C7H12O5. The van der Waals surface area contributed by atoms with Gasteiger partial charge in [-0.05, 0) is 6.42 Å². The Balaban J connectivity index is 3.11. The fourth-order valence-corrected chi connectivity index (χ4v) is 0.540. The Hall–Kier alpha value is -1.10. The first-order chi connectivity index (χ1) is 5.66. The molecule has 0 bridgehead atoms. The van der Waals surface area contributed by atoms with E-state index in [4.69, 9.17) is 9.84 Å². The monoisotopic (exact) mass is 176 g/mol. The van der Waals surface area contributed by atoms with Crippen molar-refractivity contribution >= 4 is 11.9 Å². The van der Waals surface area contributed by atoms with Crippen molar-refractivity contribution < 1.29 is 24.2 Å². The second kappa shape index (κ2) is 6.60. The first-order valence-corrected chi connectivity index (χ1v) is 3.53. The molecule has 0 fully saturated rings.